The molecule has 0 spiro atoms. The molecule has 18 heavy (non-hydrogen) atoms. The lowest BCUT2D eigenvalue weighted by Crippen LogP contribution is -2.14. The number of anilines is 1. The molecule has 0 aliphatic heterocycles. The van der Waals surface area contributed by atoms with Crippen LogP contribution in [-0.4, -0.2) is 13.4 Å². The van der Waals surface area contributed by atoms with Crippen molar-refractivity contribution in [1.29, 1.82) is 0 Å². The Hall–Kier alpha value is -1.15. The van der Waals surface area contributed by atoms with Crippen LogP contribution in [0.1, 0.15) is 4.88 Å². The molecule has 0 bridgehead atoms. The van der Waals surface area contributed by atoms with E-state index < -0.39 is 10.0 Å². The van der Waals surface area contributed by atoms with Gasteiger partial charge in [-0.2, -0.15) is 0 Å². The van der Waals surface area contributed by atoms with Crippen LogP contribution in [0.5, 0.6) is 0 Å². The molecule has 1 aromatic heterocycles. The summed E-state index contributed by atoms with van der Waals surface area (Å²) in [5, 5.41) is 8.13. The Morgan fingerprint density at radius 3 is 2.72 bits per heavy atom. The second kappa shape index (κ2) is 5.23. The van der Waals surface area contributed by atoms with E-state index in [0.29, 0.717) is 16.7 Å². The summed E-state index contributed by atoms with van der Waals surface area (Å²) in [5.41, 5.74) is 0.463. The second-order valence-corrected chi connectivity index (χ2v) is 6.70. The van der Waals surface area contributed by atoms with Crippen LogP contribution in [0.3, 0.4) is 0 Å². The monoisotopic (exact) mass is 303 g/mol. The quantitative estimate of drug-likeness (QED) is 0.905. The smallest absolute Gasteiger partial charge is 0.240 e. The van der Waals surface area contributed by atoms with E-state index in [4.69, 9.17) is 16.7 Å². The van der Waals surface area contributed by atoms with Crippen LogP contribution in [0, 0.1) is 0 Å². The number of hydrogen-bond donors (Lipinski definition) is 2. The molecular formula is C10H10ClN3O2S2. The van der Waals surface area contributed by atoms with Gasteiger partial charge in [-0.25, -0.2) is 18.5 Å². The molecule has 0 unspecified atom stereocenters. The van der Waals surface area contributed by atoms with Crippen LogP contribution < -0.4 is 10.5 Å². The summed E-state index contributed by atoms with van der Waals surface area (Å²) in [4.78, 5) is 4.88. The maximum absolute atomic E-state index is 11.4. The Balaban J connectivity index is 2.20. The van der Waals surface area contributed by atoms with Gasteiger partial charge < -0.3 is 5.32 Å². The van der Waals surface area contributed by atoms with Gasteiger partial charge in [-0.05, 0) is 12.1 Å². The molecule has 2 rings (SSSR count). The number of nitrogens with two attached hydrogens (primary N) is 1. The minimum Gasteiger partial charge on any atom is -0.379 e. The molecule has 0 saturated carbocycles. The average molecular weight is 304 g/mol. The van der Waals surface area contributed by atoms with E-state index in [2.05, 4.69) is 10.3 Å². The molecule has 1 aromatic carbocycles. The van der Waals surface area contributed by atoms with Crippen LogP contribution in [0.2, 0.25) is 4.47 Å². The number of primary sulfonamides is 1. The largest absolute Gasteiger partial charge is 0.379 e. The molecule has 0 fully saturated rings. The van der Waals surface area contributed by atoms with Crippen molar-refractivity contribution >= 4 is 38.6 Å². The van der Waals surface area contributed by atoms with Crippen LogP contribution in [-0.2, 0) is 16.6 Å². The Labute approximate surface area is 114 Å². The van der Waals surface area contributed by atoms with E-state index >= 15 is 0 Å². The molecule has 0 radical (unpaired) electrons. The molecule has 0 atom stereocenters. The lowest BCUT2D eigenvalue weighted by Gasteiger charge is -2.09. The maximum atomic E-state index is 11.4. The zero-order chi connectivity index (χ0) is 13.2. The first-order valence-electron chi connectivity index (χ1n) is 4.93. The lowest BCUT2D eigenvalue weighted by molar-refractivity contribution is 0.598. The third-order valence-electron chi connectivity index (χ3n) is 2.17. The van der Waals surface area contributed by atoms with Gasteiger partial charge in [0.25, 0.3) is 0 Å². The number of hydrogen-bond acceptors (Lipinski definition) is 5. The van der Waals surface area contributed by atoms with Crippen molar-refractivity contribution in [2.45, 2.75) is 11.4 Å². The first kappa shape index (κ1) is 13.3. The summed E-state index contributed by atoms with van der Waals surface area (Å²) in [6, 6.07) is 6.46. The first-order valence-corrected chi connectivity index (χ1v) is 7.67. The molecule has 0 aliphatic rings. The first-order chi connectivity index (χ1) is 8.47. The molecule has 5 nitrogen and oxygen atoms in total. The maximum Gasteiger partial charge on any atom is 0.240 e. The number of benzene rings is 1. The van der Waals surface area contributed by atoms with Gasteiger partial charge in [-0.15, -0.1) is 11.3 Å². The topological polar surface area (TPSA) is 85.1 Å². The van der Waals surface area contributed by atoms with Gasteiger partial charge in [0.2, 0.25) is 10.0 Å². The molecule has 8 heteroatoms. The number of rotatable bonds is 4. The second-order valence-electron chi connectivity index (χ2n) is 3.47. The Morgan fingerprint density at radius 1 is 1.39 bits per heavy atom. The number of nitrogens with zero attached hydrogens (tertiary/aromatic N) is 1. The highest BCUT2D eigenvalue weighted by Crippen LogP contribution is 2.22. The van der Waals surface area contributed by atoms with E-state index in [9.17, 15) is 8.42 Å². The standard InChI is InChI=1S/C10H10ClN3O2S2/c11-10-14-6-7(17-10)5-13-8-3-1-2-4-9(8)18(12,15)16/h1-4,6,13H,5H2,(H2,12,15,16). The van der Waals surface area contributed by atoms with Crippen molar-refractivity contribution in [1.82, 2.24) is 4.98 Å². The van der Waals surface area contributed by atoms with E-state index in [1.165, 1.54) is 17.4 Å². The summed E-state index contributed by atoms with van der Waals surface area (Å²) in [7, 11) is -3.73. The van der Waals surface area contributed by atoms with Crippen LogP contribution in [0.25, 0.3) is 0 Å². The van der Waals surface area contributed by atoms with Gasteiger partial charge in [0.1, 0.15) is 4.90 Å². The van der Waals surface area contributed by atoms with Gasteiger partial charge in [0, 0.05) is 11.1 Å². The molecule has 0 aliphatic carbocycles. The molecule has 0 amide bonds. The van der Waals surface area contributed by atoms with E-state index in [1.54, 1.807) is 24.4 Å². The predicted molar refractivity (Wildman–Crippen MR) is 72.3 cm³/mol. The highest BCUT2D eigenvalue weighted by Gasteiger charge is 2.12. The number of nitrogens with one attached hydrogen (secondary N) is 1. The fourth-order valence-electron chi connectivity index (χ4n) is 1.41. The summed E-state index contributed by atoms with van der Waals surface area (Å²) >= 11 is 7.04. The van der Waals surface area contributed by atoms with Gasteiger partial charge >= 0.3 is 0 Å². The van der Waals surface area contributed by atoms with Crippen LogP contribution >= 0.6 is 22.9 Å². The molecule has 2 aromatic rings. The highest BCUT2D eigenvalue weighted by molar-refractivity contribution is 7.89. The molecular weight excluding hydrogens is 294 g/mol. The van der Waals surface area contributed by atoms with Crippen molar-refractivity contribution in [3.05, 3.63) is 39.8 Å². The fourth-order valence-corrected chi connectivity index (χ4v) is 3.04. The van der Waals surface area contributed by atoms with E-state index in [0.717, 1.165) is 4.88 Å². The lowest BCUT2D eigenvalue weighted by atomic mass is 10.3. The normalized spacial score (nSPS) is 11.4. The number of thiazole rings is 1. The number of sulfonamides is 1. The third kappa shape index (κ3) is 3.20. The van der Waals surface area contributed by atoms with Crippen molar-refractivity contribution in [3.63, 3.8) is 0 Å². The van der Waals surface area contributed by atoms with E-state index in [-0.39, 0.29) is 4.90 Å². The molecule has 1 heterocycles. The van der Waals surface area contributed by atoms with Crippen molar-refractivity contribution in [2.75, 3.05) is 5.32 Å². The zero-order valence-corrected chi connectivity index (χ0v) is 11.5. The van der Waals surface area contributed by atoms with Crippen molar-refractivity contribution in [3.8, 4) is 0 Å². The third-order valence-corrected chi connectivity index (χ3v) is 4.26. The van der Waals surface area contributed by atoms with Gasteiger partial charge in [-0.3, -0.25) is 0 Å². The van der Waals surface area contributed by atoms with Gasteiger partial charge in [0.05, 0.1) is 12.2 Å². The Bertz CT molecular complexity index is 655. The summed E-state index contributed by atoms with van der Waals surface area (Å²) in [6.07, 6.45) is 1.64. The fraction of sp³-hybridized carbons (Fsp3) is 0.100. The number of aromatic nitrogens is 1. The minimum absolute atomic E-state index is 0.0700. The highest BCUT2D eigenvalue weighted by atomic mass is 35.5. The summed E-state index contributed by atoms with van der Waals surface area (Å²) in [5.74, 6) is 0. The van der Waals surface area contributed by atoms with Crippen molar-refractivity contribution in [2.24, 2.45) is 5.14 Å². The number of halogens is 1. The minimum atomic E-state index is -3.73. The molecule has 96 valence electrons. The average Bonchev–Trinajstić information content (AvgIpc) is 2.72. The predicted octanol–water partition coefficient (Wildman–Crippen LogP) is 2.06. The van der Waals surface area contributed by atoms with E-state index in [1.807, 2.05) is 0 Å². The molecule has 3 N–H and O–H groups in total. The Kier molecular flexibility index (Phi) is 3.86. The van der Waals surface area contributed by atoms with Gasteiger partial charge in [0.15, 0.2) is 4.47 Å². The SMILES string of the molecule is NS(=O)(=O)c1ccccc1NCc1cnc(Cl)s1. The summed E-state index contributed by atoms with van der Waals surface area (Å²) < 4.78 is 23.2. The number of para-hydroxylation sites is 1. The zero-order valence-electron chi connectivity index (χ0n) is 9.13. The summed E-state index contributed by atoms with van der Waals surface area (Å²) in [6.45, 7) is 0.441. The molecule has 0 saturated heterocycles. The van der Waals surface area contributed by atoms with Crippen molar-refractivity contribution < 1.29 is 8.42 Å². The van der Waals surface area contributed by atoms with Crippen LogP contribution in [0.4, 0.5) is 5.69 Å². The van der Waals surface area contributed by atoms with Crippen LogP contribution in [0.15, 0.2) is 35.4 Å². The van der Waals surface area contributed by atoms with Gasteiger partial charge in [-0.1, -0.05) is 23.7 Å². The Morgan fingerprint density at radius 2 is 2.11 bits per heavy atom.